The molecule has 1 atom stereocenters. The van der Waals surface area contributed by atoms with Crippen molar-refractivity contribution in [2.45, 2.75) is 46.7 Å². The summed E-state index contributed by atoms with van der Waals surface area (Å²) in [5, 5.41) is 2.87. The number of carbonyl (C=O) groups excluding carboxylic acids is 2. The van der Waals surface area contributed by atoms with E-state index in [0.717, 1.165) is 27.6 Å². The van der Waals surface area contributed by atoms with E-state index in [4.69, 9.17) is 4.74 Å². The van der Waals surface area contributed by atoms with Crippen LogP contribution in [0.25, 0.3) is 0 Å². The maximum absolute atomic E-state index is 13.0. The normalized spacial score (nSPS) is 11.6. The van der Waals surface area contributed by atoms with Crippen LogP contribution in [-0.2, 0) is 16.1 Å². The highest BCUT2D eigenvalue weighted by molar-refractivity contribution is 9.10. The average molecular weight is 461 g/mol. The molecule has 0 heterocycles. The fourth-order valence-corrected chi connectivity index (χ4v) is 3.27. The van der Waals surface area contributed by atoms with Crippen molar-refractivity contribution in [1.29, 1.82) is 0 Å². The maximum Gasteiger partial charge on any atom is 0.261 e. The van der Waals surface area contributed by atoms with Crippen molar-refractivity contribution >= 4 is 27.7 Å². The van der Waals surface area contributed by atoms with E-state index in [1.807, 2.05) is 57.2 Å². The summed E-state index contributed by atoms with van der Waals surface area (Å²) in [6, 6.07) is 13.0. The molecule has 156 valence electrons. The molecule has 0 aliphatic heterocycles. The molecule has 0 aliphatic carbocycles. The fraction of sp³-hybridized carbons (Fsp3) is 0.391. The van der Waals surface area contributed by atoms with E-state index in [0.29, 0.717) is 18.8 Å². The summed E-state index contributed by atoms with van der Waals surface area (Å²) in [7, 11) is 0. The Bertz CT molecular complexity index is 816. The molecule has 0 aliphatic rings. The third-order valence-electron chi connectivity index (χ3n) is 4.54. The van der Waals surface area contributed by atoms with Crippen molar-refractivity contribution in [2.75, 3.05) is 13.2 Å². The Morgan fingerprint density at radius 3 is 2.31 bits per heavy atom. The van der Waals surface area contributed by atoms with Crippen molar-refractivity contribution in [3.05, 3.63) is 63.6 Å². The van der Waals surface area contributed by atoms with Crippen LogP contribution in [0.2, 0.25) is 0 Å². The second kappa shape index (κ2) is 11.0. The number of hydrogen-bond acceptors (Lipinski definition) is 3. The van der Waals surface area contributed by atoms with Crippen LogP contribution < -0.4 is 10.1 Å². The van der Waals surface area contributed by atoms with Gasteiger partial charge in [0, 0.05) is 17.6 Å². The number of amides is 2. The Morgan fingerprint density at radius 2 is 1.72 bits per heavy atom. The van der Waals surface area contributed by atoms with Gasteiger partial charge in [-0.25, -0.2) is 0 Å². The molecular formula is C23H29BrN2O3. The summed E-state index contributed by atoms with van der Waals surface area (Å²) in [4.78, 5) is 27.1. The number of halogens is 1. The molecule has 0 bridgehead atoms. The van der Waals surface area contributed by atoms with E-state index in [-0.39, 0.29) is 18.4 Å². The second-order valence-electron chi connectivity index (χ2n) is 7.23. The molecule has 0 radical (unpaired) electrons. The van der Waals surface area contributed by atoms with Crippen LogP contribution in [0.4, 0.5) is 0 Å². The molecule has 2 aromatic carbocycles. The van der Waals surface area contributed by atoms with Gasteiger partial charge in [-0.2, -0.15) is 0 Å². The molecule has 0 spiro atoms. The van der Waals surface area contributed by atoms with Crippen LogP contribution in [0.15, 0.2) is 46.9 Å². The van der Waals surface area contributed by atoms with Gasteiger partial charge in [0.2, 0.25) is 5.91 Å². The standard InChI is InChI=1S/C23H29BrN2O3/c1-5-10-25-23(28)18(4)26(14-19-6-8-20(24)9-7-19)22(27)15-29-21-12-16(2)11-17(3)13-21/h6-9,11-13,18H,5,10,14-15H2,1-4H3,(H,25,28). The zero-order valence-electron chi connectivity index (χ0n) is 17.5. The molecule has 29 heavy (non-hydrogen) atoms. The lowest BCUT2D eigenvalue weighted by atomic mass is 10.1. The van der Waals surface area contributed by atoms with Crippen molar-refractivity contribution in [1.82, 2.24) is 10.2 Å². The first-order valence-electron chi connectivity index (χ1n) is 9.83. The highest BCUT2D eigenvalue weighted by Gasteiger charge is 2.26. The van der Waals surface area contributed by atoms with Gasteiger partial charge in [-0.15, -0.1) is 0 Å². The molecule has 6 heteroatoms. The van der Waals surface area contributed by atoms with Crippen molar-refractivity contribution in [3.63, 3.8) is 0 Å². The van der Waals surface area contributed by atoms with Gasteiger partial charge in [0.15, 0.2) is 6.61 Å². The Kier molecular flexibility index (Phi) is 8.70. The molecule has 0 aromatic heterocycles. The second-order valence-corrected chi connectivity index (χ2v) is 8.14. The number of hydrogen-bond donors (Lipinski definition) is 1. The molecule has 0 saturated carbocycles. The smallest absolute Gasteiger partial charge is 0.261 e. The highest BCUT2D eigenvalue weighted by atomic mass is 79.9. The number of ether oxygens (including phenoxy) is 1. The Hall–Kier alpha value is -2.34. The first-order valence-corrected chi connectivity index (χ1v) is 10.6. The lowest BCUT2D eigenvalue weighted by molar-refractivity contribution is -0.142. The van der Waals surface area contributed by atoms with Gasteiger partial charge in [0.05, 0.1) is 0 Å². The van der Waals surface area contributed by atoms with E-state index in [2.05, 4.69) is 27.3 Å². The van der Waals surface area contributed by atoms with Crippen molar-refractivity contribution in [3.8, 4) is 5.75 Å². The summed E-state index contributed by atoms with van der Waals surface area (Å²) in [6.07, 6.45) is 0.842. The number of aryl methyl sites for hydroxylation is 2. The summed E-state index contributed by atoms with van der Waals surface area (Å²) >= 11 is 3.42. The summed E-state index contributed by atoms with van der Waals surface area (Å²) in [5.74, 6) is 0.262. The quantitative estimate of drug-likeness (QED) is 0.603. The molecule has 1 unspecified atom stereocenters. The SMILES string of the molecule is CCCNC(=O)C(C)N(Cc1ccc(Br)cc1)C(=O)COc1cc(C)cc(C)c1. The van der Waals surface area contributed by atoms with E-state index < -0.39 is 6.04 Å². The average Bonchev–Trinajstić information content (AvgIpc) is 2.68. The highest BCUT2D eigenvalue weighted by Crippen LogP contribution is 2.18. The zero-order chi connectivity index (χ0) is 21.4. The Labute approximate surface area is 181 Å². The topological polar surface area (TPSA) is 58.6 Å². The van der Waals surface area contributed by atoms with Crippen LogP contribution in [-0.4, -0.2) is 35.9 Å². The van der Waals surface area contributed by atoms with Crippen LogP contribution in [0, 0.1) is 13.8 Å². The lowest BCUT2D eigenvalue weighted by Crippen LogP contribution is -2.49. The monoisotopic (exact) mass is 460 g/mol. The first-order chi connectivity index (χ1) is 13.8. The summed E-state index contributed by atoms with van der Waals surface area (Å²) < 4.78 is 6.71. The zero-order valence-corrected chi connectivity index (χ0v) is 19.1. The van der Waals surface area contributed by atoms with E-state index in [9.17, 15) is 9.59 Å². The number of benzene rings is 2. The number of rotatable bonds is 9. The summed E-state index contributed by atoms with van der Waals surface area (Å²) in [6.45, 7) is 8.52. The van der Waals surface area contributed by atoms with Crippen LogP contribution >= 0.6 is 15.9 Å². The predicted octanol–water partition coefficient (Wildman–Crippen LogP) is 4.39. The van der Waals surface area contributed by atoms with Crippen LogP contribution in [0.3, 0.4) is 0 Å². The van der Waals surface area contributed by atoms with Gasteiger partial charge >= 0.3 is 0 Å². The molecule has 0 fully saturated rings. The van der Waals surface area contributed by atoms with Gasteiger partial charge in [-0.05, 0) is 68.1 Å². The number of nitrogens with one attached hydrogen (secondary N) is 1. The fourth-order valence-electron chi connectivity index (χ4n) is 3.01. The molecule has 0 saturated heterocycles. The molecular weight excluding hydrogens is 432 g/mol. The van der Waals surface area contributed by atoms with E-state index >= 15 is 0 Å². The molecule has 5 nitrogen and oxygen atoms in total. The number of nitrogens with zero attached hydrogens (tertiary/aromatic N) is 1. The molecule has 2 aromatic rings. The van der Waals surface area contributed by atoms with Crippen molar-refractivity contribution < 1.29 is 14.3 Å². The van der Waals surface area contributed by atoms with Crippen LogP contribution in [0.5, 0.6) is 5.75 Å². The minimum absolute atomic E-state index is 0.120. The van der Waals surface area contributed by atoms with Gasteiger partial charge in [0.25, 0.3) is 5.91 Å². The third-order valence-corrected chi connectivity index (χ3v) is 5.07. The molecule has 1 N–H and O–H groups in total. The maximum atomic E-state index is 13.0. The van der Waals surface area contributed by atoms with Gasteiger partial charge < -0.3 is 15.0 Å². The minimum Gasteiger partial charge on any atom is -0.484 e. The van der Waals surface area contributed by atoms with Gasteiger partial charge in [-0.1, -0.05) is 41.1 Å². The lowest BCUT2D eigenvalue weighted by Gasteiger charge is -2.28. The number of carbonyl (C=O) groups is 2. The first kappa shape index (κ1) is 22.9. The van der Waals surface area contributed by atoms with Gasteiger partial charge in [-0.3, -0.25) is 9.59 Å². The van der Waals surface area contributed by atoms with Crippen LogP contribution in [0.1, 0.15) is 37.0 Å². The van der Waals surface area contributed by atoms with E-state index in [1.54, 1.807) is 11.8 Å². The Balaban J connectivity index is 2.14. The molecule has 2 rings (SSSR count). The van der Waals surface area contributed by atoms with Crippen molar-refractivity contribution in [2.24, 2.45) is 0 Å². The predicted molar refractivity (Wildman–Crippen MR) is 119 cm³/mol. The van der Waals surface area contributed by atoms with E-state index in [1.165, 1.54) is 0 Å². The van der Waals surface area contributed by atoms with Gasteiger partial charge in [0.1, 0.15) is 11.8 Å². The minimum atomic E-state index is -0.597. The summed E-state index contributed by atoms with van der Waals surface area (Å²) in [5.41, 5.74) is 3.10. The molecule has 2 amide bonds. The largest absolute Gasteiger partial charge is 0.484 e. The Morgan fingerprint density at radius 1 is 1.10 bits per heavy atom. The third kappa shape index (κ3) is 7.20.